The molecule has 2 N–H and O–H groups in total. The van der Waals surface area contributed by atoms with Crippen molar-refractivity contribution in [2.45, 2.75) is 45.7 Å². The van der Waals surface area contributed by atoms with Crippen molar-refractivity contribution in [3.8, 4) is 22.6 Å². The minimum absolute atomic E-state index is 0.0354. The van der Waals surface area contributed by atoms with Gasteiger partial charge in [-0.1, -0.05) is 23.4 Å². The molecule has 1 aliphatic rings. The third-order valence-corrected chi connectivity index (χ3v) is 5.77. The van der Waals surface area contributed by atoms with Gasteiger partial charge in [-0.05, 0) is 67.6 Å². The maximum Gasteiger partial charge on any atom is 0.251 e. The highest BCUT2D eigenvalue weighted by Crippen LogP contribution is 2.28. The Morgan fingerprint density at radius 2 is 1.77 bits per heavy atom. The van der Waals surface area contributed by atoms with Gasteiger partial charge in [-0.25, -0.2) is 0 Å². The highest BCUT2D eigenvalue weighted by atomic mass is 16.5. The minimum atomic E-state index is -0.228. The first kappa shape index (κ1) is 22.5. The van der Waals surface area contributed by atoms with Gasteiger partial charge in [0, 0.05) is 23.2 Å². The lowest BCUT2D eigenvalue weighted by Crippen LogP contribution is -2.25. The van der Waals surface area contributed by atoms with Crippen molar-refractivity contribution in [1.29, 1.82) is 0 Å². The van der Waals surface area contributed by atoms with Crippen molar-refractivity contribution < 1.29 is 18.5 Å². The van der Waals surface area contributed by atoms with Gasteiger partial charge in [0.1, 0.15) is 5.76 Å². The van der Waals surface area contributed by atoms with E-state index in [1.807, 2.05) is 49.4 Å². The molecule has 35 heavy (non-hydrogen) atoms. The van der Waals surface area contributed by atoms with E-state index in [-0.39, 0.29) is 24.8 Å². The molecule has 2 aromatic heterocycles. The Labute approximate surface area is 201 Å². The molecular weight excluding hydrogens is 446 g/mol. The quantitative estimate of drug-likeness (QED) is 0.401. The summed E-state index contributed by atoms with van der Waals surface area (Å²) in [5.74, 6) is 0.897. The van der Waals surface area contributed by atoms with Crippen LogP contribution in [0.2, 0.25) is 0 Å². The van der Waals surface area contributed by atoms with Gasteiger partial charge < -0.3 is 19.6 Å². The van der Waals surface area contributed by atoms with E-state index in [2.05, 4.69) is 26.0 Å². The summed E-state index contributed by atoms with van der Waals surface area (Å²) in [4.78, 5) is 24.5. The van der Waals surface area contributed by atoms with Gasteiger partial charge >= 0.3 is 0 Å². The first-order valence-corrected chi connectivity index (χ1v) is 11.5. The SMILES string of the molecule is Cc1cc(CC(=O)NCc2nnc(-c3ccc(-c4cc(C(=O)NC5CC5)ccc4C)cc3)o2)on1. The standard InChI is InChI=1S/C26H25N5O4/c1-15-3-4-19(25(33)28-20-9-10-20)12-22(15)17-5-7-18(8-6-17)26-30-29-24(34-26)14-27-23(32)13-21-11-16(2)31-35-21/h3-8,11-12,20H,9-10,13-14H2,1-2H3,(H,27,32)(H,28,33). The molecule has 9 nitrogen and oxygen atoms in total. The molecule has 2 aromatic carbocycles. The van der Waals surface area contributed by atoms with Crippen LogP contribution in [0.1, 0.15) is 46.1 Å². The monoisotopic (exact) mass is 471 g/mol. The van der Waals surface area contributed by atoms with Gasteiger partial charge in [0.05, 0.1) is 18.7 Å². The molecule has 0 bridgehead atoms. The second-order valence-electron chi connectivity index (χ2n) is 8.74. The summed E-state index contributed by atoms with van der Waals surface area (Å²) in [6.07, 6.45) is 2.20. The molecule has 0 aliphatic heterocycles. The molecule has 1 aliphatic carbocycles. The first-order valence-electron chi connectivity index (χ1n) is 11.5. The number of carbonyl (C=O) groups is 2. The van der Waals surface area contributed by atoms with Crippen LogP contribution >= 0.6 is 0 Å². The van der Waals surface area contributed by atoms with Crippen LogP contribution in [-0.2, 0) is 17.8 Å². The van der Waals surface area contributed by atoms with Crippen molar-refractivity contribution >= 4 is 11.8 Å². The second kappa shape index (κ2) is 9.54. The van der Waals surface area contributed by atoms with Crippen molar-refractivity contribution in [2.75, 3.05) is 0 Å². The van der Waals surface area contributed by atoms with Crippen LogP contribution in [0.3, 0.4) is 0 Å². The van der Waals surface area contributed by atoms with Gasteiger partial charge in [0.2, 0.25) is 17.7 Å². The third-order valence-electron chi connectivity index (χ3n) is 5.77. The average Bonchev–Trinajstić information content (AvgIpc) is 3.37. The number of amides is 2. The Morgan fingerprint density at radius 1 is 1.00 bits per heavy atom. The smallest absolute Gasteiger partial charge is 0.251 e. The molecule has 2 heterocycles. The maximum absolute atomic E-state index is 12.4. The molecule has 2 amide bonds. The van der Waals surface area contributed by atoms with Gasteiger partial charge in [0.15, 0.2) is 0 Å². The van der Waals surface area contributed by atoms with E-state index < -0.39 is 0 Å². The number of aromatic nitrogens is 3. The summed E-state index contributed by atoms with van der Waals surface area (Å²) in [7, 11) is 0. The number of hydrogen-bond acceptors (Lipinski definition) is 7. The van der Waals surface area contributed by atoms with E-state index in [9.17, 15) is 9.59 Å². The van der Waals surface area contributed by atoms with Crippen LogP contribution in [0.15, 0.2) is 57.5 Å². The molecule has 0 atom stereocenters. The van der Waals surface area contributed by atoms with Crippen LogP contribution in [0.5, 0.6) is 0 Å². The van der Waals surface area contributed by atoms with Gasteiger partial charge in [-0.3, -0.25) is 9.59 Å². The Morgan fingerprint density at radius 3 is 2.49 bits per heavy atom. The fourth-order valence-corrected chi connectivity index (χ4v) is 3.70. The summed E-state index contributed by atoms with van der Waals surface area (Å²) in [5.41, 5.74) is 5.21. The molecule has 0 spiro atoms. The Hall–Kier alpha value is -4.27. The summed E-state index contributed by atoms with van der Waals surface area (Å²) < 4.78 is 10.8. The summed E-state index contributed by atoms with van der Waals surface area (Å²) in [6, 6.07) is 15.5. The van der Waals surface area contributed by atoms with Crippen LogP contribution in [0, 0.1) is 13.8 Å². The molecule has 5 rings (SSSR count). The number of aryl methyl sites for hydroxylation is 2. The first-order chi connectivity index (χ1) is 16.9. The lowest BCUT2D eigenvalue weighted by atomic mass is 9.97. The minimum Gasteiger partial charge on any atom is -0.419 e. The normalized spacial score (nSPS) is 13.0. The molecular formula is C26H25N5O4. The topological polar surface area (TPSA) is 123 Å². The van der Waals surface area contributed by atoms with E-state index in [1.54, 1.807) is 13.0 Å². The van der Waals surface area contributed by atoms with Crippen molar-refractivity contribution in [2.24, 2.45) is 0 Å². The highest BCUT2D eigenvalue weighted by molar-refractivity contribution is 5.96. The number of nitrogens with zero attached hydrogens (tertiary/aromatic N) is 3. The molecule has 0 saturated heterocycles. The van der Waals surface area contributed by atoms with E-state index in [1.165, 1.54) is 0 Å². The fourth-order valence-electron chi connectivity index (χ4n) is 3.70. The lowest BCUT2D eigenvalue weighted by Gasteiger charge is -2.10. The predicted molar refractivity (Wildman–Crippen MR) is 127 cm³/mol. The molecule has 178 valence electrons. The lowest BCUT2D eigenvalue weighted by molar-refractivity contribution is -0.121. The zero-order valence-corrected chi connectivity index (χ0v) is 19.5. The Kier molecular flexibility index (Phi) is 6.13. The largest absolute Gasteiger partial charge is 0.419 e. The number of hydrogen-bond donors (Lipinski definition) is 2. The Balaban J connectivity index is 1.23. The number of rotatable bonds is 8. The van der Waals surface area contributed by atoms with E-state index >= 15 is 0 Å². The molecule has 1 fully saturated rings. The fraction of sp³-hybridized carbons (Fsp3) is 0.269. The van der Waals surface area contributed by atoms with Crippen molar-refractivity contribution in [1.82, 2.24) is 26.0 Å². The average molecular weight is 472 g/mol. The highest BCUT2D eigenvalue weighted by Gasteiger charge is 2.24. The Bertz CT molecular complexity index is 1370. The zero-order valence-electron chi connectivity index (χ0n) is 19.5. The molecule has 9 heteroatoms. The molecule has 4 aromatic rings. The van der Waals surface area contributed by atoms with Crippen LogP contribution < -0.4 is 10.6 Å². The maximum atomic E-state index is 12.4. The van der Waals surface area contributed by atoms with Crippen LogP contribution in [0.4, 0.5) is 0 Å². The molecule has 1 saturated carbocycles. The molecule has 0 radical (unpaired) electrons. The van der Waals surface area contributed by atoms with E-state index in [0.29, 0.717) is 29.1 Å². The van der Waals surface area contributed by atoms with Crippen LogP contribution in [-0.4, -0.2) is 33.2 Å². The molecule has 0 unspecified atom stereocenters. The summed E-state index contributed by atoms with van der Waals surface area (Å²) in [5, 5.41) is 17.6. The van der Waals surface area contributed by atoms with Gasteiger partial charge in [-0.2, -0.15) is 0 Å². The van der Waals surface area contributed by atoms with Gasteiger partial charge in [-0.15, -0.1) is 10.2 Å². The number of nitrogens with one attached hydrogen (secondary N) is 2. The number of carbonyl (C=O) groups excluding carboxylic acids is 2. The van der Waals surface area contributed by atoms with E-state index in [0.717, 1.165) is 40.8 Å². The van der Waals surface area contributed by atoms with E-state index in [4.69, 9.17) is 8.94 Å². The van der Waals surface area contributed by atoms with Crippen molar-refractivity contribution in [3.05, 3.63) is 77.0 Å². The number of benzene rings is 2. The summed E-state index contributed by atoms with van der Waals surface area (Å²) >= 11 is 0. The third kappa shape index (κ3) is 5.46. The summed E-state index contributed by atoms with van der Waals surface area (Å²) in [6.45, 7) is 3.93. The van der Waals surface area contributed by atoms with Crippen LogP contribution in [0.25, 0.3) is 22.6 Å². The second-order valence-corrected chi connectivity index (χ2v) is 8.74. The zero-order chi connectivity index (χ0) is 24.4. The van der Waals surface area contributed by atoms with Crippen molar-refractivity contribution in [3.63, 3.8) is 0 Å². The predicted octanol–water partition coefficient (Wildman–Crippen LogP) is 3.76. The van der Waals surface area contributed by atoms with Gasteiger partial charge in [0.25, 0.3) is 5.91 Å².